The summed E-state index contributed by atoms with van der Waals surface area (Å²) in [5.74, 6) is -1.88. The smallest absolute Gasteiger partial charge is 0.310 e. The monoisotopic (exact) mass is 266 g/mol. The molecule has 1 aromatic heterocycles. The van der Waals surface area contributed by atoms with Crippen molar-refractivity contribution in [2.75, 3.05) is 20.2 Å². The molecule has 0 radical (unpaired) electrons. The van der Waals surface area contributed by atoms with Gasteiger partial charge in [0, 0.05) is 19.3 Å². The van der Waals surface area contributed by atoms with Crippen molar-refractivity contribution in [1.29, 1.82) is 0 Å². The van der Waals surface area contributed by atoms with E-state index in [0.717, 1.165) is 0 Å². The molecule has 0 bridgehead atoms. The van der Waals surface area contributed by atoms with Crippen molar-refractivity contribution in [2.45, 2.75) is 12.8 Å². The summed E-state index contributed by atoms with van der Waals surface area (Å²) in [7, 11) is 1.32. The number of esters is 1. The normalized spacial score (nSPS) is 19.1. The Hall–Kier alpha value is -1.98. The highest BCUT2D eigenvalue weighted by molar-refractivity contribution is 5.94. The van der Waals surface area contributed by atoms with Gasteiger partial charge < -0.3 is 9.64 Å². The van der Waals surface area contributed by atoms with E-state index in [4.69, 9.17) is 0 Å². The van der Waals surface area contributed by atoms with E-state index in [1.165, 1.54) is 30.3 Å². The number of nitrogens with zero attached hydrogens (tertiary/aromatic N) is 2. The predicted molar refractivity (Wildman–Crippen MR) is 64.8 cm³/mol. The predicted octanol–water partition coefficient (Wildman–Crippen LogP) is 1.25. The van der Waals surface area contributed by atoms with E-state index in [1.807, 2.05) is 0 Å². The number of aromatic nitrogens is 1. The van der Waals surface area contributed by atoms with E-state index in [1.54, 1.807) is 0 Å². The van der Waals surface area contributed by atoms with E-state index in [0.29, 0.717) is 19.4 Å². The zero-order valence-electron chi connectivity index (χ0n) is 10.6. The average Bonchev–Trinajstić information content (AvgIpc) is 2.46. The first-order valence-electron chi connectivity index (χ1n) is 6.11. The highest BCUT2D eigenvalue weighted by atomic mass is 19.1. The minimum Gasteiger partial charge on any atom is -0.469 e. The standard InChI is InChI=1S/C13H15FN2O3/c1-19-13(18)9-4-3-7-16(8-9)12(17)10-5-2-6-15-11(10)14/h2,5-6,9H,3-4,7-8H2,1H3/t9-/m0/s1. The number of piperidine rings is 1. The van der Waals surface area contributed by atoms with Gasteiger partial charge in [0.15, 0.2) is 0 Å². The van der Waals surface area contributed by atoms with Gasteiger partial charge in [-0.15, -0.1) is 0 Å². The number of likely N-dealkylation sites (tertiary alicyclic amines) is 1. The summed E-state index contributed by atoms with van der Waals surface area (Å²) in [5.41, 5.74) is -0.0620. The van der Waals surface area contributed by atoms with Gasteiger partial charge in [-0.25, -0.2) is 4.98 Å². The average molecular weight is 266 g/mol. The molecule has 0 aromatic carbocycles. The van der Waals surface area contributed by atoms with Gasteiger partial charge in [-0.1, -0.05) is 0 Å². The van der Waals surface area contributed by atoms with Crippen LogP contribution in [0.5, 0.6) is 0 Å². The van der Waals surface area contributed by atoms with E-state index >= 15 is 0 Å². The van der Waals surface area contributed by atoms with E-state index in [-0.39, 0.29) is 24.0 Å². The van der Waals surface area contributed by atoms with Crippen LogP contribution >= 0.6 is 0 Å². The van der Waals surface area contributed by atoms with Crippen LogP contribution in [0.1, 0.15) is 23.2 Å². The quantitative estimate of drug-likeness (QED) is 0.597. The number of amides is 1. The van der Waals surface area contributed by atoms with Gasteiger partial charge in [0.2, 0.25) is 5.95 Å². The van der Waals surface area contributed by atoms with E-state index in [2.05, 4.69) is 9.72 Å². The summed E-state index contributed by atoms with van der Waals surface area (Å²) in [4.78, 5) is 28.6. The molecule has 1 saturated heterocycles. The molecule has 1 aliphatic rings. The van der Waals surface area contributed by atoms with Crippen LogP contribution in [0.4, 0.5) is 4.39 Å². The molecule has 2 heterocycles. The van der Waals surface area contributed by atoms with Crippen LogP contribution in [0.25, 0.3) is 0 Å². The lowest BCUT2D eigenvalue weighted by atomic mass is 9.97. The van der Waals surface area contributed by atoms with E-state index < -0.39 is 11.9 Å². The second-order valence-electron chi connectivity index (χ2n) is 4.46. The third kappa shape index (κ3) is 2.89. The Bertz CT molecular complexity index is 493. The third-order valence-electron chi connectivity index (χ3n) is 3.23. The molecule has 1 aromatic rings. The number of carbonyl (C=O) groups is 2. The second-order valence-corrected chi connectivity index (χ2v) is 4.46. The van der Waals surface area contributed by atoms with Crippen molar-refractivity contribution in [3.63, 3.8) is 0 Å². The maximum Gasteiger partial charge on any atom is 0.310 e. The fraction of sp³-hybridized carbons (Fsp3) is 0.462. The number of rotatable bonds is 2. The van der Waals surface area contributed by atoms with Gasteiger partial charge in [0.1, 0.15) is 0 Å². The molecule has 19 heavy (non-hydrogen) atoms. The minimum absolute atomic E-state index is 0.0620. The van der Waals surface area contributed by atoms with Crippen LogP contribution in [0, 0.1) is 11.9 Å². The molecule has 0 saturated carbocycles. The Morgan fingerprint density at radius 3 is 3.00 bits per heavy atom. The summed E-state index contributed by atoms with van der Waals surface area (Å²) in [5, 5.41) is 0. The van der Waals surface area contributed by atoms with Crippen molar-refractivity contribution < 1.29 is 18.7 Å². The molecule has 5 nitrogen and oxygen atoms in total. The van der Waals surface area contributed by atoms with Crippen molar-refractivity contribution in [1.82, 2.24) is 9.88 Å². The highest BCUT2D eigenvalue weighted by Gasteiger charge is 2.30. The van der Waals surface area contributed by atoms with E-state index in [9.17, 15) is 14.0 Å². The summed E-state index contributed by atoms with van der Waals surface area (Å²) in [6.45, 7) is 0.778. The van der Waals surface area contributed by atoms with Gasteiger partial charge in [-0.2, -0.15) is 4.39 Å². The van der Waals surface area contributed by atoms with Crippen molar-refractivity contribution in [2.24, 2.45) is 5.92 Å². The highest BCUT2D eigenvalue weighted by Crippen LogP contribution is 2.20. The summed E-state index contributed by atoms with van der Waals surface area (Å²) in [6.07, 6.45) is 2.68. The third-order valence-corrected chi connectivity index (χ3v) is 3.23. The first-order chi connectivity index (χ1) is 9.13. The fourth-order valence-corrected chi connectivity index (χ4v) is 2.24. The zero-order valence-corrected chi connectivity index (χ0v) is 10.6. The topological polar surface area (TPSA) is 59.5 Å². The molecule has 0 unspecified atom stereocenters. The van der Waals surface area contributed by atoms with Crippen molar-refractivity contribution >= 4 is 11.9 Å². The van der Waals surface area contributed by atoms with Gasteiger partial charge in [-0.05, 0) is 25.0 Å². The number of methoxy groups -OCH3 is 1. The molecule has 6 heteroatoms. The molecular weight excluding hydrogens is 251 g/mol. The van der Waals surface area contributed by atoms with Gasteiger partial charge in [0.25, 0.3) is 5.91 Å². The Morgan fingerprint density at radius 2 is 2.32 bits per heavy atom. The van der Waals surface area contributed by atoms with Crippen LogP contribution in [-0.4, -0.2) is 42.0 Å². The summed E-state index contributed by atoms with van der Waals surface area (Å²) >= 11 is 0. The lowest BCUT2D eigenvalue weighted by Gasteiger charge is -2.31. The van der Waals surface area contributed by atoms with Crippen molar-refractivity contribution in [3.05, 3.63) is 29.8 Å². The largest absolute Gasteiger partial charge is 0.469 e. The lowest BCUT2D eigenvalue weighted by Crippen LogP contribution is -2.43. The Balaban J connectivity index is 2.11. The molecule has 1 aliphatic heterocycles. The number of carbonyl (C=O) groups excluding carboxylic acids is 2. The minimum atomic E-state index is -0.785. The number of ether oxygens (including phenoxy) is 1. The Kier molecular flexibility index (Phi) is 4.09. The molecule has 1 atom stereocenters. The molecule has 1 fully saturated rings. The number of hydrogen-bond donors (Lipinski definition) is 0. The van der Waals surface area contributed by atoms with Crippen LogP contribution in [0.15, 0.2) is 18.3 Å². The first kappa shape index (κ1) is 13.5. The summed E-state index contributed by atoms with van der Waals surface area (Å²) in [6, 6.07) is 2.91. The van der Waals surface area contributed by atoms with Crippen LogP contribution < -0.4 is 0 Å². The SMILES string of the molecule is COC(=O)[C@H]1CCCN(C(=O)c2cccnc2F)C1. The summed E-state index contributed by atoms with van der Waals surface area (Å²) < 4.78 is 18.2. The molecule has 1 amide bonds. The number of pyridine rings is 1. The molecular formula is C13H15FN2O3. The fourth-order valence-electron chi connectivity index (χ4n) is 2.24. The molecule has 0 aliphatic carbocycles. The molecule has 2 rings (SSSR count). The number of hydrogen-bond acceptors (Lipinski definition) is 4. The second kappa shape index (κ2) is 5.77. The van der Waals surface area contributed by atoms with Crippen molar-refractivity contribution in [3.8, 4) is 0 Å². The maximum absolute atomic E-state index is 13.5. The lowest BCUT2D eigenvalue weighted by molar-refractivity contribution is -0.146. The van der Waals surface area contributed by atoms with Gasteiger partial charge in [0.05, 0.1) is 18.6 Å². The Labute approximate surface area is 110 Å². The molecule has 102 valence electrons. The van der Waals surface area contributed by atoms with Crippen LogP contribution in [0.2, 0.25) is 0 Å². The van der Waals surface area contributed by atoms with Gasteiger partial charge in [-0.3, -0.25) is 9.59 Å². The van der Waals surface area contributed by atoms with Crippen LogP contribution in [-0.2, 0) is 9.53 Å². The first-order valence-corrected chi connectivity index (χ1v) is 6.11. The maximum atomic E-state index is 13.5. The molecule has 0 N–H and O–H groups in total. The molecule has 0 spiro atoms. The van der Waals surface area contributed by atoms with Gasteiger partial charge >= 0.3 is 5.97 Å². The zero-order chi connectivity index (χ0) is 13.8. The Morgan fingerprint density at radius 1 is 1.53 bits per heavy atom. The number of halogens is 1. The van der Waals surface area contributed by atoms with Crippen LogP contribution in [0.3, 0.4) is 0 Å².